The Morgan fingerprint density at radius 1 is 1.00 bits per heavy atom. The predicted molar refractivity (Wildman–Crippen MR) is 110 cm³/mol. The number of anilines is 1. The highest BCUT2D eigenvalue weighted by atomic mass is 32.2. The number of rotatable bonds is 5. The fourth-order valence-corrected chi connectivity index (χ4v) is 5.50. The monoisotopic (exact) mass is 426 g/mol. The molecule has 0 bridgehead atoms. The number of aryl methyl sites for hydroxylation is 1. The third-order valence-electron chi connectivity index (χ3n) is 5.60. The lowest BCUT2D eigenvalue weighted by molar-refractivity contribution is 0.380. The molecule has 2 aliphatic rings. The second kappa shape index (κ2) is 7.77. The Bertz CT molecular complexity index is 1130. The van der Waals surface area contributed by atoms with Crippen LogP contribution in [0.5, 0.6) is 0 Å². The summed E-state index contributed by atoms with van der Waals surface area (Å²) in [6.45, 7) is 2.03. The minimum Gasteiger partial charge on any atom is -0.364 e. The van der Waals surface area contributed by atoms with Crippen LogP contribution in [0.3, 0.4) is 0 Å². The van der Waals surface area contributed by atoms with E-state index in [0.717, 1.165) is 36.3 Å². The van der Waals surface area contributed by atoms with E-state index in [9.17, 15) is 8.42 Å². The van der Waals surface area contributed by atoms with Gasteiger partial charge in [-0.3, -0.25) is 4.98 Å². The number of aromatic nitrogens is 4. The predicted octanol–water partition coefficient (Wildman–Crippen LogP) is 1.67. The smallest absolute Gasteiger partial charge is 0.220 e. The summed E-state index contributed by atoms with van der Waals surface area (Å²) in [4.78, 5) is 15.9. The van der Waals surface area contributed by atoms with Crippen molar-refractivity contribution < 1.29 is 12.9 Å². The van der Waals surface area contributed by atoms with Crippen LogP contribution < -0.4 is 4.90 Å². The third kappa shape index (κ3) is 3.68. The Morgan fingerprint density at radius 2 is 1.80 bits per heavy atom. The van der Waals surface area contributed by atoms with E-state index >= 15 is 0 Å². The third-order valence-corrected chi connectivity index (χ3v) is 7.42. The molecule has 0 saturated carbocycles. The van der Waals surface area contributed by atoms with Crippen molar-refractivity contribution in [2.45, 2.75) is 25.0 Å². The van der Waals surface area contributed by atoms with E-state index in [1.165, 1.54) is 16.1 Å². The summed E-state index contributed by atoms with van der Waals surface area (Å²) in [5.74, 6) is 1.51. The van der Waals surface area contributed by atoms with Crippen LogP contribution in [-0.4, -0.2) is 59.0 Å². The fourth-order valence-electron chi connectivity index (χ4n) is 4.07. The number of nitrogens with zero attached hydrogens (tertiary/aromatic N) is 6. The Morgan fingerprint density at radius 3 is 2.53 bits per heavy atom. The van der Waals surface area contributed by atoms with Crippen LogP contribution in [-0.2, 0) is 28.6 Å². The van der Waals surface area contributed by atoms with Crippen LogP contribution in [0.2, 0.25) is 0 Å². The van der Waals surface area contributed by atoms with Crippen molar-refractivity contribution >= 4 is 15.8 Å². The molecule has 3 aromatic heterocycles. The lowest BCUT2D eigenvalue weighted by Crippen LogP contribution is -2.49. The Balaban J connectivity index is 1.37. The second-order valence-corrected chi connectivity index (χ2v) is 9.49. The molecule has 5 rings (SSSR count). The zero-order valence-corrected chi connectivity index (χ0v) is 17.3. The van der Waals surface area contributed by atoms with Gasteiger partial charge >= 0.3 is 0 Å². The second-order valence-electron chi connectivity index (χ2n) is 7.52. The maximum atomic E-state index is 12.7. The molecule has 1 saturated heterocycles. The van der Waals surface area contributed by atoms with Gasteiger partial charge in [0, 0.05) is 61.5 Å². The highest BCUT2D eigenvalue weighted by molar-refractivity contribution is 7.88. The molecule has 0 radical (unpaired) electrons. The first-order valence-electron chi connectivity index (χ1n) is 10.0. The van der Waals surface area contributed by atoms with Gasteiger partial charge in [-0.25, -0.2) is 18.4 Å². The number of hydrogen-bond donors (Lipinski definition) is 0. The largest absolute Gasteiger partial charge is 0.364 e. The van der Waals surface area contributed by atoms with E-state index in [4.69, 9.17) is 14.5 Å². The van der Waals surface area contributed by atoms with Crippen molar-refractivity contribution in [1.82, 2.24) is 24.4 Å². The Hall–Kier alpha value is -2.85. The van der Waals surface area contributed by atoms with Crippen molar-refractivity contribution in [3.63, 3.8) is 0 Å². The molecule has 3 aromatic rings. The summed E-state index contributed by atoms with van der Waals surface area (Å²) in [5.41, 5.74) is 3.67. The maximum absolute atomic E-state index is 12.7. The molecule has 0 spiro atoms. The molecule has 0 unspecified atom stereocenters. The number of fused-ring (bicyclic) bond motifs is 1. The molecule has 0 atom stereocenters. The number of sulfonamides is 1. The molecule has 156 valence electrons. The van der Waals surface area contributed by atoms with Crippen LogP contribution >= 0.6 is 0 Å². The molecule has 1 aliphatic heterocycles. The molecule has 0 amide bonds. The SMILES string of the molecule is O=S(=O)(Cc1ccon1)N1CCN(c2nc(-c3ccncc3)nc3c2CCC3)CC1. The van der Waals surface area contributed by atoms with E-state index in [-0.39, 0.29) is 5.75 Å². The first-order valence-corrected chi connectivity index (χ1v) is 11.6. The zero-order valence-electron chi connectivity index (χ0n) is 16.4. The van der Waals surface area contributed by atoms with Gasteiger partial charge in [0.15, 0.2) is 5.82 Å². The van der Waals surface area contributed by atoms with Crippen LogP contribution in [0.4, 0.5) is 5.82 Å². The van der Waals surface area contributed by atoms with Gasteiger partial charge in [-0.2, -0.15) is 4.31 Å². The maximum Gasteiger partial charge on any atom is 0.220 e. The average Bonchev–Trinajstić information content (AvgIpc) is 3.45. The molecule has 0 N–H and O–H groups in total. The van der Waals surface area contributed by atoms with Gasteiger partial charge in [0.05, 0.1) is 5.69 Å². The first kappa shape index (κ1) is 19.1. The van der Waals surface area contributed by atoms with Crippen molar-refractivity contribution in [1.29, 1.82) is 0 Å². The topological polar surface area (TPSA) is 105 Å². The van der Waals surface area contributed by atoms with E-state index in [2.05, 4.69) is 15.0 Å². The number of piperazine rings is 1. The zero-order chi connectivity index (χ0) is 20.6. The van der Waals surface area contributed by atoms with Gasteiger partial charge < -0.3 is 9.42 Å². The summed E-state index contributed by atoms with van der Waals surface area (Å²) in [7, 11) is -3.43. The first-order chi connectivity index (χ1) is 14.6. The summed E-state index contributed by atoms with van der Waals surface area (Å²) >= 11 is 0. The van der Waals surface area contributed by atoms with E-state index in [1.54, 1.807) is 18.5 Å². The van der Waals surface area contributed by atoms with Gasteiger partial charge in [0.1, 0.15) is 17.8 Å². The lowest BCUT2D eigenvalue weighted by Gasteiger charge is -2.35. The van der Waals surface area contributed by atoms with Crippen molar-refractivity contribution in [2.24, 2.45) is 0 Å². The van der Waals surface area contributed by atoms with Gasteiger partial charge in [0.25, 0.3) is 0 Å². The average molecular weight is 427 g/mol. The quantitative estimate of drug-likeness (QED) is 0.607. The van der Waals surface area contributed by atoms with Gasteiger partial charge in [0.2, 0.25) is 10.0 Å². The molecule has 4 heterocycles. The van der Waals surface area contributed by atoms with Crippen molar-refractivity contribution in [3.8, 4) is 11.4 Å². The van der Waals surface area contributed by atoms with Gasteiger partial charge in [-0.15, -0.1) is 0 Å². The van der Waals surface area contributed by atoms with Crippen LogP contribution in [0.1, 0.15) is 23.4 Å². The molecule has 30 heavy (non-hydrogen) atoms. The molecule has 10 heteroatoms. The highest BCUT2D eigenvalue weighted by Gasteiger charge is 2.31. The highest BCUT2D eigenvalue weighted by Crippen LogP contribution is 2.32. The van der Waals surface area contributed by atoms with Gasteiger partial charge in [-0.1, -0.05) is 5.16 Å². The van der Waals surface area contributed by atoms with Crippen molar-refractivity contribution in [3.05, 3.63) is 53.8 Å². The summed E-state index contributed by atoms with van der Waals surface area (Å²) in [6, 6.07) is 5.41. The van der Waals surface area contributed by atoms with Crippen LogP contribution in [0.15, 0.2) is 41.4 Å². The molecule has 9 nitrogen and oxygen atoms in total. The molecular formula is C20H22N6O3S. The van der Waals surface area contributed by atoms with Crippen molar-refractivity contribution in [2.75, 3.05) is 31.1 Å². The Kier molecular flexibility index (Phi) is 4.95. The van der Waals surface area contributed by atoms with E-state index < -0.39 is 10.0 Å². The van der Waals surface area contributed by atoms with Crippen LogP contribution in [0, 0.1) is 0 Å². The van der Waals surface area contributed by atoms with Gasteiger partial charge in [-0.05, 0) is 31.4 Å². The summed E-state index contributed by atoms with van der Waals surface area (Å²) < 4.78 is 31.7. The standard InChI is InChI=1S/C20H22N6O3S/c27-30(28,14-16-6-13-29-24-16)26-11-9-25(10-12-26)20-17-2-1-3-18(17)22-19(23-20)15-4-7-21-8-5-15/h4-8,13H,1-3,9-12,14H2. The minimum absolute atomic E-state index is 0.140. The molecule has 1 fully saturated rings. The number of pyridine rings is 1. The fraction of sp³-hybridized carbons (Fsp3) is 0.400. The normalized spacial score (nSPS) is 17.3. The lowest BCUT2D eigenvalue weighted by atomic mass is 10.2. The molecular weight excluding hydrogens is 404 g/mol. The van der Waals surface area contributed by atoms with E-state index in [0.29, 0.717) is 37.7 Å². The minimum atomic E-state index is -3.43. The number of hydrogen-bond acceptors (Lipinski definition) is 8. The Labute approximate surface area is 174 Å². The van der Waals surface area contributed by atoms with E-state index in [1.807, 2.05) is 12.1 Å². The summed E-state index contributed by atoms with van der Waals surface area (Å²) in [6.07, 6.45) is 7.86. The summed E-state index contributed by atoms with van der Waals surface area (Å²) in [5, 5.41) is 3.72. The van der Waals surface area contributed by atoms with Crippen LogP contribution in [0.25, 0.3) is 11.4 Å². The molecule has 0 aromatic carbocycles. The molecule has 1 aliphatic carbocycles.